The van der Waals surface area contributed by atoms with Gasteiger partial charge in [0.1, 0.15) is 0 Å². The van der Waals surface area contributed by atoms with E-state index in [1.807, 2.05) is 6.07 Å². The zero-order valence-electron chi connectivity index (χ0n) is 24.8. The van der Waals surface area contributed by atoms with Crippen LogP contribution in [0.5, 0.6) is 0 Å². The molecule has 0 radical (unpaired) electrons. The molecule has 0 aromatic carbocycles. The van der Waals surface area contributed by atoms with Crippen LogP contribution >= 0.6 is 0 Å². The standard InChI is InChI=1S/C34H49N3O2/c1-5-7-8-9-10-11-12-23-14-16-27-25-15-13-24-20-29-22(21-34(24,4)28(25)17-18-33(23,27)3)19-26-30(37(29)6-2)35-32(39)36-31(26)38/h19-20,23,25,27-28H,5-18,21H2,1-4H3,(H,36,38,39)/t23-,25-,27-,28-,33+,34-/m0/s1. The highest BCUT2D eigenvalue weighted by molar-refractivity contribution is 5.67. The van der Waals surface area contributed by atoms with E-state index >= 15 is 0 Å². The molecule has 5 nitrogen and oxygen atoms in total. The van der Waals surface area contributed by atoms with Crippen molar-refractivity contribution in [3.63, 3.8) is 0 Å². The topological polar surface area (TPSA) is 67.8 Å². The summed E-state index contributed by atoms with van der Waals surface area (Å²) in [7, 11) is 0. The van der Waals surface area contributed by atoms with Gasteiger partial charge in [0.25, 0.3) is 5.56 Å². The number of hydrogen-bond donors (Lipinski definition) is 1. The lowest BCUT2D eigenvalue weighted by Gasteiger charge is -2.58. The van der Waals surface area contributed by atoms with Crippen LogP contribution in [0.2, 0.25) is 0 Å². The summed E-state index contributed by atoms with van der Waals surface area (Å²) in [5.74, 6) is 3.87. The number of H-pyrrole nitrogens is 1. The molecule has 0 saturated heterocycles. The van der Waals surface area contributed by atoms with Gasteiger partial charge in [-0.25, -0.2) is 4.79 Å². The van der Waals surface area contributed by atoms with Gasteiger partial charge >= 0.3 is 5.69 Å². The highest BCUT2D eigenvalue weighted by atomic mass is 16.2. The largest absolute Gasteiger partial charge is 0.349 e. The zero-order chi connectivity index (χ0) is 27.4. The minimum Gasteiger partial charge on any atom is -0.326 e. The Morgan fingerprint density at radius 2 is 1.79 bits per heavy atom. The van der Waals surface area contributed by atoms with Crippen LogP contribution in [0.4, 0.5) is 0 Å². The van der Waals surface area contributed by atoms with Gasteiger partial charge in [0.05, 0.1) is 5.56 Å². The molecular weight excluding hydrogens is 482 g/mol. The SMILES string of the molecule is CCCCCCCC[C@H]1CC[C@H]2[C@@H]3CCC4=Cc5c(cc6c(=O)[nH]c(=O)nc-6n5CC)C[C@]4(C)[C@H]3CC[C@]12C. The Morgan fingerprint density at radius 3 is 2.59 bits per heavy atom. The second kappa shape index (κ2) is 10.3. The number of aromatic amines is 1. The Kier molecular flexibility index (Phi) is 7.17. The number of nitrogens with zero attached hydrogens (tertiary/aromatic N) is 2. The quantitative estimate of drug-likeness (QED) is 0.357. The first-order valence-corrected chi connectivity index (χ1v) is 16.2. The van der Waals surface area contributed by atoms with Crippen molar-refractivity contribution in [3.8, 4) is 11.4 Å². The van der Waals surface area contributed by atoms with Crippen molar-refractivity contribution in [3.05, 3.63) is 43.7 Å². The van der Waals surface area contributed by atoms with Crippen LogP contribution in [0.1, 0.15) is 122 Å². The number of hydrogen-bond acceptors (Lipinski definition) is 3. The molecule has 1 N–H and O–H groups in total. The molecule has 6 atom stereocenters. The Hall–Kier alpha value is -2.17. The van der Waals surface area contributed by atoms with Crippen LogP contribution in [-0.4, -0.2) is 14.5 Å². The molecule has 2 heterocycles. The molecule has 0 spiro atoms. The van der Waals surface area contributed by atoms with Crippen molar-refractivity contribution >= 4 is 6.08 Å². The fourth-order valence-electron chi connectivity index (χ4n) is 10.1. The number of unbranched alkanes of at least 4 members (excludes halogenated alkanes) is 5. The van der Waals surface area contributed by atoms with E-state index in [-0.39, 0.29) is 11.0 Å². The molecule has 0 unspecified atom stereocenters. The first kappa shape index (κ1) is 27.0. The van der Waals surface area contributed by atoms with Gasteiger partial charge in [-0.15, -0.1) is 0 Å². The summed E-state index contributed by atoms with van der Waals surface area (Å²) in [5.41, 5.74) is 4.38. The highest BCUT2D eigenvalue weighted by Crippen LogP contribution is 2.67. The predicted molar refractivity (Wildman–Crippen MR) is 159 cm³/mol. The lowest BCUT2D eigenvalue weighted by Crippen LogP contribution is -2.51. The van der Waals surface area contributed by atoms with Gasteiger partial charge in [-0.1, -0.05) is 64.9 Å². The smallest absolute Gasteiger partial charge is 0.326 e. The first-order valence-electron chi connectivity index (χ1n) is 16.2. The van der Waals surface area contributed by atoms with Crippen molar-refractivity contribution in [2.75, 3.05) is 0 Å². The third-order valence-electron chi connectivity index (χ3n) is 12.1. The third kappa shape index (κ3) is 4.37. The van der Waals surface area contributed by atoms with E-state index in [0.29, 0.717) is 23.3 Å². The number of pyridine rings is 1. The fourth-order valence-corrected chi connectivity index (χ4v) is 10.1. The highest BCUT2D eigenvalue weighted by Gasteiger charge is 2.58. The minimum absolute atomic E-state index is 0.159. The summed E-state index contributed by atoms with van der Waals surface area (Å²) in [4.78, 5) is 31.4. The molecule has 6 rings (SSSR count). The summed E-state index contributed by atoms with van der Waals surface area (Å²) in [6, 6.07) is 2.04. The van der Waals surface area contributed by atoms with E-state index in [4.69, 9.17) is 0 Å². The maximum Gasteiger partial charge on any atom is 0.349 e. The van der Waals surface area contributed by atoms with Crippen LogP contribution in [0.25, 0.3) is 17.5 Å². The summed E-state index contributed by atoms with van der Waals surface area (Å²) >= 11 is 0. The Balaban J connectivity index is 1.25. The van der Waals surface area contributed by atoms with E-state index in [1.165, 1.54) is 89.0 Å². The van der Waals surface area contributed by atoms with Gasteiger partial charge in [-0.05, 0) is 110 Å². The lowest BCUT2D eigenvalue weighted by molar-refractivity contribution is -0.0478. The van der Waals surface area contributed by atoms with E-state index in [0.717, 1.165) is 35.8 Å². The summed E-state index contributed by atoms with van der Waals surface area (Å²) in [6.07, 6.45) is 21.4. The minimum atomic E-state index is -0.555. The van der Waals surface area contributed by atoms with Crippen molar-refractivity contribution in [1.29, 1.82) is 0 Å². The monoisotopic (exact) mass is 531 g/mol. The molecule has 4 aliphatic carbocycles. The number of nitrogens with one attached hydrogen (secondary N) is 1. The van der Waals surface area contributed by atoms with Crippen LogP contribution < -0.4 is 11.2 Å². The molecule has 0 aromatic heterocycles. The van der Waals surface area contributed by atoms with E-state index in [1.54, 1.807) is 5.57 Å². The summed E-state index contributed by atoms with van der Waals surface area (Å²) in [6.45, 7) is 10.3. The fraction of sp³-hybridized carbons (Fsp3) is 0.735. The van der Waals surface area contributed by atoms with Gasteiger partial charge < -0.3 is 4.57 Å². The summed E-state index contributed by atoms with van der Waals surface area (Å²) in [5, 5.41) is 0. The molecular formula is C34H49N3O2. The number of aromatic nitrogens is 3. The lowest BCUT2D eigenvalue weighted by atomic mass is 9.46. The van der Waals surface area contributed by atoms with Crippen LogP contribution in [0.15, 0.2) is 21.2 Å². The molecule has 212 valence electrons. The Morgan fingerprint density at radius 1 is 1.00 bits per heavy atom. The van der Waals surface area contributed by atoms with Gasteiger partial charge in [0.2, 0.25) is 0 Å². The second-order valence-corrected chi connectivity index (χ2v) is 14.0. The predicted octanol–water partition coefficient (Wildman–Crippen LogP) is 7.61. The van der Waals surface area contributed by atoms with Gasteiger partial charge in [0.15, 0.2) is 5.82 Å². The summed E-state index contributed by atoms with van der Waals surface area (Å²) < 4.78 is 2.10. The maximum absolute atomic E-state index is 12.8. The molecule has 6 aliphatic rings. The Bertz CT molecular complexity index is 1340. The molecule has 0 amide bonds. The third-order valence-corrected chi connectivity index (χ3v) is 12.1. The zero-order valence-corrected chi connectivity index (χ0v) is 24.8. The Labute approximate surface area is 234 Å². The van der Waals surface area contributed by atoms with Crippen molar-refractivity contribution in [2.24, 2.45) is 34.5 Å². The second-order valence-electron chi connectivity index (χ2n) is 14.0. The molecule has 2 aliphatic heterocycles. The van der Waals surface area contributed by atoms with Crippen LogP contribution in [0.3, 0.4) is 0 Å². The van der Waals surface area contributed by atoms with Crippen molar-refractivity contribution in [1.82, 2.24) is 14.5 Å². The van der Waals surface area contributed by atoms with Crippen LogP contribution in [0, 0.1) is 34.5 Å². The van der Waals surface area contributed by atoms with Crippen molar-refractivity contribution < 1.29 is 0 Å². The number of fused-ring (bicyclic) bond motifs is 7. The van der Waals surface area contributed by atoms with E-state index < -0.39 is 5.69 Å². The molecule has 3 fully saturated rings. The average Bonchev–Trinajstić information content (AvgIpc) is 3.24. The molecule has 5 heteroatoms. The molecule has 0 bridgehead atoms. The normalized spacial score (nSPS) is 33.3. The average molecular weight is 532 g/mol. The van der Waals surface area contributed by atoms with Gasteiger partial charge in [-0.3, -0.25) is 9.78 Å². The van der Waals surface area contributed by atoms with Gasteiger partial charge in [-0.2, -0.15) is 4.98 Å². The van der Waals surface area contributed by atoms with Gasteiger partial charge in [0, 0.05) is 12.2 Å². The van der Waals surface area contributed by atoms with Crippen LogP contribution in [-0.2, 0) is 13.0 Å². The molecule has 3 saturated carbocycles. The van der Waals surface area contributed by atoms with E-state index in [2.05, 4.69) is 48.3 Å². The molecule has 39 heavy (non-hydrogen) atoms. The first-order chi connectivity index (χ1) is 18.8. The molecule has 0 aromatic rings. The van der Waals surface area contributed by atoms with E-state index in [9.17, 15) is 9.59 Å². The number of rotatable bonds is 8. The van der Waals surface area contributed by atoms with Crippen molar-refractivity contribution in [2.45, 2.75) is 124 Å². The maximum atomic E-state index is 12.8. The number of allylic oxidation sites excluding steroid dienone is 1.